The summed E-state index contributed by atoms with van der Waals surface area (Å²) in [4.78, 5) is 13.2. The molecule has 0 N–H and O–H groups in total. The molecule has 0 spiro atoms. The van der Waals surface area contributed by atoms with Crippen LogP contribution in [0, 0.1) is 10.1 Å². The highest BCUT2D eigenvalue weighted by Crippen LogP contribution is 2.25. The Labute approximate surface area is 146 Å². The molecule has 9 heteroatoms. The van der Waals surface area contributed by atoms with E-state index >= 15 is 0 Å². The van der Waals surface area contributed by atoms with Crippen molar-refractivity contribution in [2.24, 2.45) is 0 Å². The number of aromatic nitrogens is 2. The smallest absolute Gasteiger partial charge is 0.269 e. The lowest BCUT2D eigenvalue weighted by Crippen LogP contribution is -2.17. The molecule has 3 aromatic rings. The standard InChI is InChI=1S/C15H13ClN4O3S/c1-19(8-10-7-11(20(21)22)4-5-12(10)16)9-14-17-18-15(23-14)13-3-2-6-24-13/h2-7H,8-9H2,1H3. The Morgan fingerprint density at radius 2 is 2.17 bits per heavy atom. The zero-order valence-electron chi connectivity index (χ0n) is 12.7. The van der Waals surface area contributed by atoms with Gasteiger partial charge in [-0.05, 0) is 30.1 Å². The molecule has 2 heterocycles. The monoisotopic (exact) mass is 364 g/mol. The zero-order valence-corrected chi connectivity index (χ0v) is 14.3. The van der Waals surface area contributed by atoms with Crippen LogP contribution in [0.1, 0.15) is 11.5 Å². The van der Waals surface area contributed by atoms with Crippen molar-refractivity contribution in [1.29, 1.82) is 0 Å². The first-order chi connectivity index (χ1) is 11.5. The van der Waals surface area contributed by atoms with Gasteiger partial charge in [0.15, 0.2) is 0 Å². The van der Waals surface area contributed by atoms with Gasteiger partial charge in [0.25, 0.3) is 11.6 Å². The fraction of sp³-hybridized carbons (Fsp3) is 0.200. The van der Waals surface area contributed by atoms with E-state index in [2.05, 4.69) is 10.2 Å². The van der Waals surface area contributed by atoms with Crippen molar-refractivity contribution in [2.45, 2.75) is 13.1 Å². The minimum Gasteiger partial charge on any atom is -0.419 e. The summed E-state index contributed by atoms with van der Waals surface area (Å²) < 4.78 is 5.63. The Hall–Kier alpha value is -2.29. The van der Waals surface area contributed by atoms with Gasteiger partial charge in [-0.25, -0.2) is 0 Å². The number of thiophene rings is 1. The molecule has 0 aliphatic heterocycles. The molecule has 0 fully saturated rings. The van der Waals surface area contributed by atoms with E-state index in [1.165, 1.54) is 29.5 Å². The summed E-state index contributed by atoms with van der Waals surface area (Å²) in [5, 5.41) is 21.4. The maximum absolute atomic E-state index is 10.9. The second kappa shape index (κ2) is 7.08. The lowest BCUT2D eigenvalue weighted by atomic mass is 10.2. The molecule has 0 unspecified atom stereocenters. The van der Waals surface area contributed by atoms with E-state index in [4.69, 9.17) is 16.0 Å². The van der Waals surface area contributed by atoms with E-state index in [1.54, 1.807) is 0 Å². The van der Waals surface area contributed by atoms with E-state index < -0.39 is 4.92 Å². The predicted molar refractivity (Wildman–Crippen MR) is 90.9 cm³/mol. The summed E-state index contributed by atoms with van der Waals surface area (Å²) in [5.74, 6) is 0.962. The van der Waals surface area contributed by atoms with Gasteiger partial charge in [-0.15, -0.1) is 21.5 Å². The summed E-state index contributed by atoms with van der Waals surface area (Å²) in [5.41, 5.74) is 0.687. The van der Waals surface area contributed by atoms with Crippen LogP contribution in [0.3, 0.4) is 0 Å². The average Bonchev–Trinajstić information content (AvgIpc) is 3.20. The Balaban J connectivity index is 1.69. The van der Waals surface area contributed by atoms with Crippen LogP contribution in [-0.4, -0.2) is 27.1 Å². The number of nitro benzene ring substituents is 1. The number of rotatable bonds is 6. The molecule has 3 rings (SSSR count). The van der Waals surface area contributed by atoms with Crippen molar-refractivity contribution in [2.75, 3.05) is 7.05 Å². The molecule has 0 amide bonds. The number of nitrogens with zero attached hydrogens (tertiary/aromatic N) is 4. The molecule has 0 aliphatic carbocycles. The van der Waals surface area contributed by atoms with Crippen molar-refractivity contribution >= 4 is 28.6 Å². The third-order valence-corrected chi connectivity index (χ3v) is 4.51. The van der Waals surface area contributed by atoms with E-state index in [9.17, 15) is 10.1 Å². The van der Waals surface area contributed by atoms with Gasteiger partial charge in [0.2, 0.25) is 5.89 Å². The third kappa shape index (κ3) is 3.78. The second-order valence-corrected chi connectivity index (χ2v) is 6.54. The van der Waals surface area contributed by atoms with Gasteiger partial charge in [0, 0.05) is 23.7 Å². The molecule has 2 aromatic heterocycles. The van der Waals surface area contributed by atoms with E-state index in [0.29, 0.717) is 35.5 Å². The van der Waals surface area contributed by atoms with Gasteiger partial charge >= 0.3 is 0 Å². The number of halogens is 1. The number of hydrogen-bond donors (Lipinski definition) is 0. The third-order valence-electron chi connectivity index (χ3n) is 3.28. The molecule has 7 nitrogen and oxygen atoms in total. The van der Waals surface area contributed by atoms with Crippen LogP contribution in [0.4, 0.5) is 5.69 Å². The lowest BCUT2D eigenvalue weighted by Gasteiger charge is -2.15. The summed E-state index contributed by atoms with van der Waals surface area (Å²) >= 11 is 7.65. The topological polar surface area (TPSA) is 85.3 Å². The van der Waals surface area contributed by atoms with Gasteiger partial charge in [-0.3, -0.25) is 15.0 Å². The average molecular weight is 365 g/mol. The molecular formula is C15H13ClN4O3S. The summed E-state index contributed by atoms with van der Waals surface area (Å²) in [6.45, 7) is 0.842. The first-order valence-corrected chi connectivity index (χ1v) is 8.26. The van der Waals surface area contributed by atoms with Crippen LogP contribution in [0.25, 0.3) is 10.8 Å². The second-order valence-electron chi connectivity index (χ2n) is 5.18. The van der Waals surface area contributed by atoms with Crippen molar-refractivity contribution < 1.29 is 9.34 Å². The molecule has 0 radical (unpaired) electrons. The number of non-ortho nitro benzene ring substituents is 1. The van der Waals surface area contributed by atoms with E-state index in [-0.39, 0.29) is 5.69 Å². The summed E-state index contributed by atoms with van der Waals surface area (Å²) in [6, 6.07) is 8.22. The van der Waals surface area contributed by atoms with Crippen LogP contribution in [0.15, 0.2) is 40.1 Å². The quantitative estimate of drug-likeness (QED) is 0.485. The normalized spacial score (nSPS) is 11.1. The molecule has 0 atom stereocenters. The molecule has 1 aromatic carbocycles. The van der Waals surface area contributed by atoms with Crippen LogP contribution in [0.5, 0.6) is 0 Å². The molecule has 0 bridgehead atoms. The molecule has 0 saturated heterocycles. The molecular weight excluding hydrogens is 352 g/mol. The fourth-order valence-electron chi connectivity index (χ4n) is 2.19. The van der Waals surface area contributed by atoms with Crippen molar-refractivity contribution in [1.82, 2.24) is 15.1 Å². The van der Waals surface area contributed by atoms with Crippen molar-refractivity contribution in [3.8, 4) is 10.8 Å². The maximum atomic E-state index is 10.9. The number of hydrogen-bond acceptors (Lipinski definition) is 7. The Morgan fingerprint density at radius 1 is 1.33 bits per heavy atom. The Kier molecular flexibility index (Phi) is 4.89. The first-order valence-electron chi connectivity index (χ1n) is 7.00. The number of benzene rings is 1. The summed E-state index contributed by atoms with van der Waals surface area (Å²) in [6.07, 6.45) is 0. The van der Waals surface area contributed by atoms with Gasteiger partial charge in [0.05, 0.1) is 16.3 Å². The van der Waals surface area contributed by atoms with Crippen LogP contribution in [-0.2, 0) is 13.1 Å². The SMILES string of the molecule is CN(Cc1nnc(-c2cccs2)o1)Cc1cc([N+](=O)[O-])ccc1Cl. The first kappa shape index (κ1) is 16.6. The highest BCUT2D eigenvalue weighted by Gasteiger charge is 2.14. The molecule has 0 aliphatic rings. The van der Waals surface area contributed by atoms with E-state index in [1.807, 2.05) is 29.5 Å². The van der Waals surface area contributed by atoms with Crippen LogP contribution >= 0.6 is 22.9 Å². The zero-order chi connectivity index (χ0) is 17.1. The highest BCUT2D eigenvalue weighted by atomic mass is 35.5. The Morgan fingerprint density at radius 3 is 2.88 bits per heavy atom. The lowest BCUT2D eigenvalue weighted by molar-refractivity contribution is -0.384. The number of nitro groups is 1. The molecule has 0 saturated carbocycles. The molecule has 124 valence electrons. The minimum absolute atomic E-state index is 0.0144. The molecule has 24 heavy (non-hydrogen) atoms. The van der Waals surface area contributed by atoms with Gasteiger partial charge in [-0.1, -0.05) is 17.7 Å². The van der Waals surface area contributed by atoms with E-state index in [0.717, 1.165) is 4.88 Å². The summed E-state index contributed by atoms with van der Waals surface area (Å²) in [7, 11) is 1.85. The van der Waals surface area contributed by atoms with Crippen molar-refractivity contribution in [3.05, 3.63) is 62.3 Å². The fourth-order valence-corrected chi connectivity index (χ4v) is 3.01. The maximum Gasteiger partial charge on any atom is 0.269 e. The Bertz CT molecular complexity index is 850. The largest absolute Gasteiger partial charge is 0.419 e. The minimum atomic E-state index is -0.439. The van der Waals surface area contributed by atoms with Crippen LogP contribution in [0.2, 0.25) is 5.02 Å². The van der Waals surface area contributed by atoms with Crippen molar-refractivity contribution in [3.63, 3.8) is 0 Å². The van der Waals surface area contributed by atoms with Crippen LogP contribution < -0.4 is 0 Å². The van der Waals surface area contributed by atoms with Gasteiger partial charge < -0.3 is 4.42 Å². The van der Waals surface area contributed by atoms with Gasteiger partial charge in [-0.2, -0.15) is 0 Å². The van der Waals surface area contributed by atoms with Gasteiger partial charge in [0.1, 0.15) is 0 Å². The predicted octanol–water partition coefficient (Wildman–Crippen LogP) is 3.99. The highest BCUT2D eigenvalue weighted by molar-refractivity contribution is 7.13.